The zero-order chi connectivity index (χ0) is 16.1. The van der Waals surface area contributed by atoms with Crippen LogP contribution in [0.5, 0.6) is 0 Å². The molecule has 0 fully saturated rings. The molecular formula is C17H14ClF2NO. The van der Waals surface area contributed by atoms with Crippen LogP contribution in [0.3, 0.4) is 0 Å². The van der Waals surface area contributed by atoms with E-state index < -0.39 is 11.7 Å². The lowest BCUT2D eigenvalue weighted by atomic mass is 10.1. The minimum absolute atomic E-state index is 0.161. The summed E-state index contributed by atoms with van der Waals surface area (Å²) in [6, 6.07) is 9.85. The minimum atomic E-state index is -0.497. The van der Waals surface area contributed by atoms with E-state index in [-0.39, 0.29) is 22.4 Å². The Morgan fingerprint density at radius 1 is 1.18 bits per heavy atom. The molecule has 0 aliphatic rings. The number of carbonyl (C=O) groups is 1. The van der Waals surface area contributed by atoms with Gasteiger partial charge in [-0.15, -0.1) is 0 Å². The van der Waals surface area contributed by atoms with E-state index >= 15 is 0 Å². The summed E-state index contributed by atoms with van der Waals surface area (Å²) in [4.78, 5) is 11.9. The first-order valence-electron chi connectivity index (χ1n) is 6.65. The average molecular weight is 322 g/mol. The first-order valence-corrected chi connectivity index (χ1v) is 7.03. The molecule has 0 heterocycles. The second kappa shape index (κ2) is 7.18. The predicted molar refractivity (Wildman–Crippen MR) is 83.4 cm³/mol. The van der Waals surface area contributed by atoms with Crippen LogP contribution in [-0.4, -0.2) is 5.91 Å². The highest BCUT2D eigenvalue weighted by Gasteiger charge is 2.08. The molecule has 0 aliphatic carbocycles. The standard InChI is InChI=1S/C17H14ClF2NO/c1-11(12-5-7-13(19)8-6-12)21-17(22)10-9-14-15(18)3-2-4-16(14)20/h2-11H,1H3,(H,21,22)/b10-9+/t11-/m1/s1. The van der Waals surface area contributed by atoms with Gasteiger partial charge in [0.25, 0.3) is 0 Å². The normalized spacial score (nSPS) is 12.4. The van der Waals surface area contributed by atoms with Crippen LogP contribution in [0.15, 0.2) is 48.5 Å². The maximum Gasteiger partial charge on any atom is 0.244 e. The van der Waals surface area contributed by atoms with Gasteiger partial charge in [-0.2, -0.15) is 0 Å². The third-order valence-electron chi connectivity index (χ3n) is 3.13. The number of amides is 1. The Kier molecular flexibility index (Phi) is 5.28. The highest BCUT2D eigenvalue weighted by atomic mass is 35.5. The summed E-state index contributed by atoms with van der Waals surface area (Å²) in [5.41, 5.74) is 0.931. The summed E-state index contributed by atoms with van der Waals surface area (Å²) in [5, 5.41) is 2.94. The van der Waals surface area contributed by atoms with Gasteiger partial charge in [0.2, 0.25) is 5.91 Å². The van der Waals surface area contributed by atoms with Crippen LogP contribution in [0.4, 0.5) is 8.78 Å². The van der Waals surface area contributed by atoms with E-state index in [2.05, 4.69) is 5.32 Å². The molecule has 1 N–H and O–H groups in total. The molecule has 0 radical (unpaired) electrons. The number of benzene rings is 2. The number of halogens is 3. The fourth-order valence-corrected chi connectivity index (χ4v) is 2.15. The van der Waals surface area contributed by atoms with Gasteiger partial charge >= 0.3 is 0 Å². The Morgan fingerprint density at radius 3 is 2.50 bits per heavy atom. The Morgan fingerprint density at radius 2 is 1.86 bits per heavy atom. The molecule has 0 saturated carbocycles. The largest absolute Gasteiger partial charge is 0.346 e. The molecule has 2 rings (SSSR count). The van der Waals surface area contributed by atoms with Crippen molar-refractivity contribution in [2.24, 2.45) is 0 Å². The molecule has 1 atom stereocenters. The van der Waals surface area contributed by atoms with E-state index in [0.717, 1.165) is 5.56 Å². The highest BCUT2D eigenvalue weighted by molar-refractivity contribution is 6.32. The highest BCUT2D eigenvalue weighted by Crippen LogP contribution is 2.20. The van der Waals surface area contributed by atoms with Crippen LogP contribution >= 0.6 is 11.6 Å². The van der Waals surface area contributed by atoms with Crippen LogP contribution in [0.25, 0.3) is 6.08 Å². The third-order valence-corrected chi connectivity index (χ3v) is 3.46. The van der Waals surface area contributed by atoms with E-state index in [0.29, 0.717) is 0 Å². The lowest BCUT2D eigenvalue weighted by molar-refractivity contribution is -0.117. The SMILES string of the molecule is C[C@@H](NC(=O)/C=C/c1c(F)cccc1Cl)c1ccc(F)cc1. The van der Waals surface area contributed by atoms with Gasteiger partial charge in [0.15, 0.2) is 0 Å². The van der Waals surface area contributed by atoms with Gasteiger partial charge in [-0.3, -0.25) is 4.79 Å². The lowest BCUT2D eigenvalue weighted by Crippen LogP contribution is -2.24. The van der Waals surface area contributed by atoms with Crippen molar-refractivity contribution >= 4 is 23.6 Å². The zero-order valence-electron chi connectivity index (χ0n) is 11.8. The minimum Gasteiger partial charge on any atom is -0.346 e. The van der Waals surface area contributed by atoms with Crippen molar-refractivity contribution in [1.29, 1.82) is 0 Å². The second-order valence-corrected chi connectivity index (χ2v) is 5.16. The first kappa shape index (κ1) is 16.2. The van der Waals surface area contributed by atoms with Crippen molar-refractivity contribution < 1.29 is 13.6 Å². The van der Waals surface area contributed by atoms with Gasteiger partial charge in [-0.25, -0.2) is 8.78 Å². The fraction of sp³-hybridized carbons (Fsp3) is 0.118. The molecule has 22 heavy (non-hydrogen) atoms. The maximum atomic E-state index is 13.6. The van der Waals surface area contributed by atoms with Crippen molar-refractivity contribution in [3.05, 3.63) is 76.3 Å². The predicted octanol–water partition coefficient (Wildman–Crippen LogP) is 4.51. The molecule has 2 nitrogen and oxygen atoms in total. The molecule has 0 aromatic heterocycles. The van der Waals surface area contributed by atoms with Crippen molar-refractivity contribution in [2.45, 2.75) is 13.0 Å². The van der Waals surface area contributed by atoms with Crippen molar-refractivity contribution in [1.82, 2.24) is 5.32 Å². The summed E-state index contributed by atoms with van der Waals surface area (Å²) >= 11 is 5.87. The molecule has 0 aliphatic heterocycles. The monoisotopic (exact) mass is 321 g/mol. The number of hydrogen-bond donors (Lipinski definition) is 1. The number of carbonyl (C=O) groups excluding carboxylic acids is 1. The molecule has 114 valence electrons. The van der Waals surface area contributed by atoms with Crippen molar-refractivity contribution in [3.63, 3.8) is 0 Å². The molecular weight excluding hydrogens is 308 g/mol. The van der Waals surface area contributed by atoms with E-state index in [9.17, 15) is 13.6 Å². The molecule has 0 spiro atoms. The summed E-state index contributed by atoms with van der Waals surface area (Å²) in [6.07, 6.45) is 2.54. The van der Waals surface area contributed by atoms with Crippen molar-refractivity contribution in [3.8, 4) is 0 Å². The van der Waals surface area contributed by atoms with E-state index in [1.165, 1.54) is 36.4 Å². The van der Waals surface area contributed by atoms with E-state index in [4.69, 9.17) is 11.6 Å². The van der Waals surface area contributed by atoms with E-state index in [1.807, 2.05) is 0 Å². The topological polar surface area (TPSA) is 29.1 Å². The average Bonchev–Trinajstić information content (AvgIpc) is 2.47. The molecule has 0 bridgehead atoms. The fourth-order valence-electron chi connectivity index (χ4n) is 1.93. The molecule has 2 aromatic carbocycles. The van der Waals surface area contributed by atoms with Crippen LogP contribution in [0.2, 0.25) is 5.02 Å². The third kappa shape index (κ3) is 4.15. The Balaban J connectivity index is 2.03. The first-order chi connectivity index (χ1) is 10.5. The smallest absolute Gasteiger partial charge is 0.244 e. The zero-order valence-corrected chi connectivity index (χ0v) is 12.6. The number of nitrogens with one attached hydrogen (secondary N) is 1. The number of hydrogen-bond acceptors (Lipinski definition) is 1. The second-order valence-electron chi connectivity index (χ2n) is 4.75. The van der Waals surface area contributed by atoms with Gasteiger partial charge < -0.3 is 5.32 Å². The van der Waals surface area contributed by atoms with Gasteiger partial charge in [-0.1, -0.05) is 29.8 Å². The van der Waals surface area contributed by atoms with E-state index in [1.54, 1.807) is 25.1 Å². The van der Waals surface area contributed by atoms with Crippen LogP contribution in [0.1, 0.15) is 24.1 Å². The van der Waals surface area contributed by atoms with Crippen molar-refractivity contribution in [2.75, 3.05) is 0 Å². The number of rotatable bonds is 4. The van der Waals surface area contributed by atoms with Crippen LogP contribution in [0, 0.1) is 11.6 Å². The van der Waals surface area contributed by atoms with Gasteiger partial charge in [0.1, 0.15) is 11.6 Å². The summed E-state index contributed by atoms with van der Waals surface area (Å²) < 4.78 is 26.4. The Labute approximate surface area is 132 Å². The van der Waals surface area contributed by atoms with Crippen LogP contribution in [-0.2, 0) is 4.79 Å². The molecule has 0 unspecified atom stereocenters. The molecule has 5 heteroatoms. The maximum absolute atomic E-state index is 13.6. The van der Waals surface area contributed by atoms with Gasteiger partial charge in [0.05, 0.1) is 11.1 Å². The Bertz CT molecular complexity index is 678. The molecule has 2 aromatic rings. The molecule has 0 saturated heterocycles. The molecule has 1 amide bonds. The summed E-state index contributed by atoms with van der Waals surface area (Å²) in [6.45, 7) is 1.77. The lowest BCUT2D eigenvalue weighted by Gasteiger charge is -2.12. The van der Waals surface area contributed by atoms with Gasteiger partial charge in [-0.05, 0) is 42.8 Å². The summed E-state index contributed by atoms with van der Waals surface area (Å²) in [5.74, 6) is -1.23. The quantitative estimate of drug-likeness (QED) is 0.825. The Hall–Kier alpha value is -2.20. The summed E-state index contributed by atoms with van der Waals surface area (Å²) in [7, 11) is 0. The van der Waals surface area contributed by atoms with Gasteiger partial charge in [0, 0.05) is 11.6 Å². The van der Waals surface area contributed by atoms with Crippen LogP contribution < -0.4 is 5.32 Å².